The maximum atomic E-state index is 10.6. The van der Waals surface area contributed by atoms with Crippen molar-refractivity contribution in [2.75, 3.05) is 18.6 Å². The zero-order chi connectivity index (χ0) is 8.32. The first-order valence-corrected chi connectivity index (χ1v) is 6.01. The Balaban J connectivity index is 2.28. The second kappa shape index (κ2) is 3.55. The van der Waals surface area contributed by atoms with Crippen LogP contribution in [0.4, 0.5) is 0 Å². The van der Waals surface area contributed by atoms with E-state index in [1.54, 1.807) is 6.21 Å². The summed E-state index contributed by atoms with van der Waals surface area (Å²) < 4.78 is 27.6. The Labute approximate surface area is 70.7 Å². The maximum absolute atomic E-state index is 10.6. The predicted octanol–water partition coefficient (Wildman–Crippen LogP) is -0.116. The van der Waals surface area contributed by atoms with E-state index in [0.717, 1.165) is 12.0 Å². The van der Waals surface area contributed by atoms with Gasteiger partial charge in [-0.05, 0) is 11.9 Å². The molecular formula is C5H10N2O2S2. The molecule has 64 valence electrons. The normalized spacial score (nSPS) is 24.3. The summed E-state index contributed by atoms with van der Waals surface area (Å²) in [5.74, 6) is 1.14. The van der Waals surface area contributed by atoms with E-state index in [1.807, 2.05) is 0 Å². The fourth-order valence-electron chi connectivity index (χ4n) is 0.681. The van der Waals surface area contributed by atoms with Gasteiger partial charge in [0, 0.05) is 24.4 Å². The number of hydrogen-bond acceptors (Lipinski definition) is 4. The van der Waals surface area contributed by atoms with Crippen LogP contribution in [0.15, 0.2) is 4.40 Å². The first-order valence-electron chi connectivity index (χ1n) is 3.18. The molecule has 1 aliphatic heterocycles. The summed E-state index contributed by atoms with van der Waals surface area (Å²) in [4.78, 5) is 0. The van der Waals surface area contributed by atoms with Gasteiger partial charge in [0.2, 0.25) is 10.0 Å². The van der Waals surface area contributed by atoms with Gasteiger partial charge in [0.1, 0.15) is 0 Å². The van der Waals surface area contributed by atoms with Gasteiger partial charge in [-0.3, -0.25) is 0 Å². The van der Waals surface area contributed by atoms with Crippen molar-refractivity contribution in [1.82, 2.24) is 4.72 Å². The van der Waals surface area contributed by atoms with Crippen molar-refractivity contribution in [3.8, 4) is 0 Å². The van der Waals surface area contributed by atoms with Crippen molar-refractivity contribution in [3.63, 3.8) is 0 Å². The molecule has 0 aromatic rings. The Bertz CT molecular complexity index is 247. The summed E-state index contributed by atoms with van der Waals surface area (Å²) in [6.45, 7) is 0.468. The van der Waals surface area contributed by atoms with Gasteiger partial charge < -0.3 is 0 Å². The first-order chi connectivity index (χ1) is 5.08. The highest BCUT2D eigenvalue weighted by atomic mass is 32.2. The van der Waals surface area contributed by atoms with Crippen molar-refractivity contribution in [2.45, 2.75) is 0 Å². The number of hydrogen-bond donors (Lipinski definition) is 1. The van der Waals surface area contributed by atoms with Gasteiger partial charge in [-0.25, -0.2) is 17.5 Å². The lowest BCUT2D eigenvalue weighted by molar-refractivity contribution is 0.583. The smallest absolute Gasteiger partial charge is 0.208 e. The van der Waals surface area contributed by atoms with E-state index in [0.29, 0.717) is 6.54 Å². The summed E-state index contributed by atoms with van der Waals surface area (Å²) in [7, 11) is -3.03. The second-order valence-corrected chi connectivity index (χ2v) is 5.07. The Morgan fingerprint density at radius 2 is 2.55 bits per heavy atom. The molecule has 0 spiro atoms. The zero-order valence-corrected chi connectivity index (χ0v) is 7.78. The van der Waals surface area contributed by atoms with E-state index in [9.17, 15) is 8.42 Å². The van der Waals surface area contributed by atoms with E-state index in [-0.39, 0.29) is 5.92 Å². The van der Waals surface area contributed by atoms with E-state index >= 15 is 0 Å². The van der Waals surface area contributed by atoms with Gasteiger partial charge in [0.05, 0.1) is 6.26 Å². The highest BCUT2D eigenvalue weighted by molar-refractivity contribution is 7.98. The molecule has 1 N–H and O–H groups in total. The topological polar surface area (TPSA) is 58.5 Å². The van der Waals surface area contributed by atoms with Crippen molar-refractivity contribution in [1.29, 1.82) is 0 Å². The molecular weight excluding hydrogens is 184 g/mol. The van der Waals surface area contributed by atoms with Crippen LogP contribution in [-0.4, -0.2) is 33.2 Å². The molecule has 0 aromatic heterocycles. The minimum Gasteiger partial charge on any atom is -0.229 e. The van der Waals surface area contributed by atoms with Gasteiger partial charge in [0.25, 0.3) is 0 Å². The number of nitrogens with one attached hydrogen (secondary N) is 1. The van der Waals surface area contributed by atoms with E-state index in [4.69, 9.17) is 0 Å². The van der Waals surface area contributed by atoms with Crippen LogP contribution in [0.3, 0.4) is 0 Å². The summed E-state index contributed by atoms with van der Waals surface area (Å²) in [5.41, 5.74) is 0. The zero-order valence-electron chi connectivity index (χ0n) is 6.15. The molecule has 0 fully saturated rings. The third kappa shape index (κ3) is 3.74. The van der Waals surface area contributed by atoms with Crippen molar-refractivity contribution >= 4 is 28.2 Å². The third-order valence-corrected chi connectivity index (χ3v) is 2.78. The summed E-state index contributed by atoms with van der Waals surface area (Å²) in [6.07, 6.45) is 2.94. The maximum Gasteiger partial charge on any atom is 0.208 e. The number of nitrogens with zero attached hydrogens (tertiary/aromatic N) is 1. The fourth-order valence-corrected chi connectivity index (χ4v) is 1.94. The molecule has 0 aliphatic carbocycles. The molecule has 4 nitrogen and oxygen atoms in total. The van der Waals surface area contributed by atoms with Crippen LogP contribution in [0.25, 0.3) is 0 Å². The van der Waals surface area contributed by atoms with Gasteiger partial charge >= 0.3 is 0 Å². The van der Waals surface area contributed by atoms with Gasteiger partial charge in [0.15, 0.2) is 0 Å². The first kappa shape index (κ1) is 9.02. The molecule has 0 saturated carbocycles. The molecule has 1 unspecified atom stereocenters. The van der Waals surface area contributed by atoms with Crippen molar-refractivity contribution < 1.29 is 8.42 Å². The van der Waals surface area contributed by atoms with Crippen LogP contribution in [0.2, 0.25) is 0 Å². The molecule has 6 heteroatoms. The van der Waals surface area contributed by atoms with E-state index in [1.165, 1.54) is 11.9 Å². The number of rotatable bonds is 3. The lowest BCUT2D eigenvalue weighted by Crippen LogP contribution is -2.28. The molecule has 0 amide bonds. The quantitative estimate of drug-likeness (QED) is 0.637. The average Bonchev–Trinajstić information content (AvgIpc) is 2.32. The molecule has 1 heterocycles. The highest BCUT2D eigenvalue weighted by Gasteiger charge is 2.12. The van der Waals surface area contributed by atoms with Crippen LogP contribution in [0.5, 0.6) is 0 Å². The van der Waals surface area contributed by atoms with Crippen LogP contribution in [0, 0.1) is 5.92 Å². The van der Waals surface area contributed by atoms with Crippen LogP contribution in [0.1, 0.15) is 0 Å². The summed E-state index contributed by atoms with van der Waals surface area (Å²) >= 11 is 1.47. The van der Waals surface area contributed by atoms with Gasteiger partial charge in [-0.1, -0.05) is 0 Å². The molecule has 0 aromatic carbocycles. The Morgan fingerprint density at radius 1 is 1.82 bits per heavy atom. The molecule has 1 atom stereocenters. The van der Waals surface area contributed by atoms with E-state index in [2.05, 4.69) is 9.12 Å². The fraction of sp³-hybridized carbons (Fsp3) is 0.800. The molecule has 0 bridgehead atoms. The standard InChI is InChI=1S/C5H10N2O2S2/c1-11(8,9)7-3-5-2-6-10-4-5/h2,5,7H,3-4H2,1H3. The van der Waals surface area contributed by atoms with Gasteiger partial charge in [-0.2, -0.15) is 0 Å². The molecule has 1 rings (SSSR count). The molecule has 0 saturated heterocycles. The van der Waals surface area contributed by atoms with Crippen molar-refractivity contribution in [2.24, 2.45) is 10.3 Å². The monoisotopic (exact) mass is 194 g/mol. The minimum atomic E-state index is -3.03. The second-order valence-electron chi connectivity index (χ2n) is 2.43. The Kier molecular flexibility index (Phi) is 2.91. The summed E-state index contributed by atoms with van der Waals surface area (Å²) in [5, 5.41) is 0. The predicted molar refractivity (Wildman–Crippen MR) is 47.3 cm³/mol. The van der Waals surface area contributed by atoms with Crippen LogP contribution in [-0.2, 0) is 10.0 Å². The summed E-state index contributed by atoms with van der Waals surface area (Å²) in [6, 6.07) is 0. The van der Waals surface area contributed by atoms with Gasteiger partial charge in [-0.15, -0.1) is 0 Å². The third-order valence-electron chi connectivity index (χ3n) is 1.24. The van der Waals surface area contributed by atoms with Crippen LogP contribution < -0.4 is 4.72 Å². The lowest BCUT2D eigenvalue weighted by atomic mass is 10.2. The Hall–Kier alpha value is -0.0700. The largest absolute Gasteiger partial charge is 0.229 e. The molecule has 11 heavy (non-hydrogen) atoms. The number of sulfonamides is 1. The lowest BCUT2D eigenvalue weighted by Gasteiger charge is -2.04. The Morgan fingerprint density at radius 3 is 3.00 bits per heavy atom. The minimum absolute atomic E-state index is 0.259. The molecule has 0 radical (unpaired) electrons. The highest BCUT2D eigenvalue weighted by Crippen LogP contribution is 2.14. The van der Waals surface area contributed by atoms with Crippen LogP contribution >= 0.6 is 11.9 Å². The van der Waals surface area contributed by atoms with E-state index < -0.39 is 10.0 Å². The van der Waals surface area contributed by atoms with Crippen molar-refractivity contribution in [3.05, 3.63) is 0 Å². The SMILES string of the molecule is CS(=O)(=O)NCC1C=NSC1. The molecule has 1 aliphatic rings. The average molecular weight is 194 g/mol.